The van der Waals surface area contributed by atoms with E-state index in [0.29, 0.717) is 16.9 Å². The first-order valence-electron chi connectivity index (χ1n) is 7.05. The number of nitrogens with one attached hydrogen (secondary N) is 1. The molecule has 6 nitrogen and oxygen atoms in total. The molecular formula is C17H13ClN4O2. The summed E-state index contributed by atoms with van der Waals surface area (Å²) < 4.78 is 5.16. The summed E-state index contributed by atoms with van der Waals surface area (Å²) in [4.78, 5) is 20.1. The van der Waals surface area contributed by atoms with Crippen molar-refractivity contribution in [1.29, 1.82) is 0 Å². The Morgan fingerprint density at radius 2 is 2.21 bits per heavy atom. The monoisotopic (exact) mass is 340 g/mol. The Balaban J connectivity index is 1.79. The first kappa shape index (κ1) is 15.9. The van der Waals surface area contributed by atoms with E-state index in [1.54, 1.807) is 31.5 Å². The third-order valence-corrected chi connectivity index (χ3v) is 3.60. The molecule has 0 bridgehead atoms. The van der Waals surface area contributed by atoms with Crippen molar-refractivity contribution in [3.8, 4) is 5.75 Å². The van der Waals surface area contributed by atoms with Crippen LogP contribution in [0.1, 0.15) is 15.9 Å². The summed E-state index contributed by atoms with van der Waals surface area (Å²) in [7, 11) is 1.59. The number of pyridine rings is 2. The fourth-order valence-corrected chi connectivity index (χ4v) is 2.27. The predicted octanol–water partition coefficient (Wildman–Crippen LogP) is 3.06. The lowest BCUT2D eigenvalue weighted by Crippen LogP contribution is -2.17. The molecule has 2 heterocycles. The van der Waals surface area contributed by atoms with Crippen molar-refractivity contribution >= 4 is 34.6 Å². The molecule has 0 fully saturated rings. The zero-order valence-corrected chi connectivity index (χ0v) is 13.5. The summed E-state index contributed by atoms with van der Waals surface area (Å²) in [6.07, 6.45) is 4.51. The molecule has 1 N–H and O–H groups in total. The van der Waals surface area contributed by atoms with Gasteiger partial charge in [0, 0.05) is 29.4 Å². The number of carbonyl (C=O) groups is 1. The van der Waals surface area contributed by atoms with Crippen molar-refractivity contribution in [2.24, 2.45) is 5.10 Å². The zero-order chi connectivity index (χ0) is 16.9. The van der Waals surface area contributed by atoms with Crippen LogP contribution in [-0.4, -0.2) is 29.2 Å². The van der Waals surface area contributed by atoms with E-state index in [1.165, 1.54) is 12.4 Å². The second kappa shape index (κ2) is 7.06. The highest BCUT2D eigenvalue weighted by atomic mass is 35.5. The van der Waals surface area contributed by atoms with Crippen LogP contribution in [0.15, 0.2) is 53.9 Å². The van der Waals surface area contributed by atoms with Gasteiger partial charge in [0.25, 0.3) is 5.91 Å². The highest BCUT2D eigenvalue weighted by Crippen LogP contribution is 2.23. The Bertz CT molecular complexity index is 913. The molecule has 1 aromatic carbocycles. The third-order valence-electron chi connectivity index (χ3n) is 3.30. The number of ether oxygens (including phenoxy) is 1. The van der Waals surface area contributed by atoms with Crippen molar-refractivity contribution in [2.75, 3.05) is 7.11 Å². The average molecular weight is 341 g/mol. The van der Waals surface area contributed by atoms with Crippen molar-refractivity contribution in [1.82, 2.24) is 15.4 Å². The number of halogens is 1. The van der Waals surface area contributed by atoms with E-state index in [-0.39, 0.29) is 11.1 Å². The molecule has 0 aliphatic heterocycles. The lowest BCUT2D eigenvalue weighted by molar-refractivity contribution is 0.0955. The zero-order valence-electron chi connectivity index (χ0n) is 12.7. The van der Waals surface area contributed by atoms with Crippen LogP contribution in [0.3, 0.4) is 0 Å². The summed E-state index contributed by atoms with van der Waals surface area (Å²) in [5.41, 5.74) is 4.16. The van der Waals surface area contributed by atoms with Crippen LogP contribution >= 0.6 is 11.6 Å². The normalized spacial score (nSPS) is 10.9. The van der Waals surface area contributed by atoms with Gasteiger partial charge in [-0.3, -0.25) is 9.78 Å². The van der Waals surface area contributed by atoms with Crippen LogP contribution in [0.2, 0.25) is 5.15 Å². The van der Waals surface area contributed by atoms with Gasteiger partial charge in [-0.2, -0.15) is 5.10 Å². The Morgan fingerprint density at radius 3 is 2.96 bits per heavy atom. The average Bonchev–Trinajstić information content (AvgIpc) is 2.62. The fourth-order valence-electron chi connectivity index (χ4n) is 2.08. The van der Waals surface area contributed by atoms with Crippen LogP contribution in [-0.2, 0) is 0 Å². The molecule has 0 saturated heterocycles. The number of hydrazone groups is 1. The molecule has 0 aliphatic rings. The molecule has 0 aliphatic carbocycles. The standard InChI is InChI=1S/C17H13ClN4O2/c1-24-14-5-4-11-7-13(16(18)21-15(11)8-14)10-20-22-17(23)12-3-2-6-19-9-12/h2-10H,1H3,(H,22,23)/b20-10+. The lowest BCUT2D eigenvalue weighted by Gasteiger charge is -2.04. The molecule has 3 aromatic rings. The Labute approximate surface area is 143 Å². The highest BCUT2D eigenvalue weighted by Gasteiger charge is 2.06. The predicted molar refractivity (Wildman–Crippen MR) is 92.6 cm³/mol. The van der Waals surface area contributed by atoms with Gasteiger partial charge in [-0.15, -0.1) is 0 Å². The topological polar surface area (TPSA) is 76.5 Å². The number of methoxy groups -OCH3 is 1. The molecule has 7 heteroatoms. The molecule has 1 amide bonds. The minimum absolute atomic E-state index is 0.287. The van der Waals surface area contributed by atoms with E-state index in [9.17, 15) is 4.79 Å². The maximum absolute atomic E-state index is 11.9. The number of aromatic nitrogens is 2. The van der Waals surface area contributed by atoms with Crippen molar-refractivity contribution < 1.29 is 9.53 Å². The number of hydrogen-bond acceptors (Lipinski definition) is 5. The Hall–Kier alpha value is -2.99. The number of amides is 1. The summed E-state index contributed by atoms with van der Waals surface area (Å²) >= 11 is 6.17. The molecular weight excluding hydrogens is 328 g/mol. The molecule has 24 heavy (non-hydrogen) atoms. The molecule has 120 valence electrons. The summed E-state index contributed by atoms with van der Waals surface area (Å²) in [6.45, 7) is 0. The van der Waals surface area contributed by atoms with Gasteiger partial charge in [-0.05, 0) is 30.3 Å². The first-order valence-corrected chi connectivity index (χ1v) is 7.43. The minimum Gasteiger partial charge on any atom is -0.497 e. The Morgan fingerprint density at radius 1 is 1.33 bits per heavy atom. The van der Waals surface area contributed by atoms with E-state index in [4.69, 9.17) is 16.3 Å². The maximum Gasteiger partial charge on any atom is 0.272 e. The number of rotatable bonds is 4. The maximum atomic E-state index is 11.9. The summed E-state index contributed by atoms with van der Waals surface area (Å²) in [5, 5.41) is 5.09. The van der Waals surface area contributed by atoms with Crippen molar-refractivity contribution in [3.63, 3.8) is 0 Å². The number of carbonyl (C=O) groups excluding carboxylic acids is 1. The summed E-state index contributed by atoms with van der Waals surface area (Å²) in [5.74, 6) is 0.352. The summed E-state index contributed by atoms with van der Waals surface area (Å²) in [6, 6.07) is 10.7. The van der Waals surface area contributed by atoms with Gasteiger partial charge in [-0.25, -0.2) is 10.4 Å². The van der Waals surface area contributed by atoms with Gasteiger partial charge in [0.15, 0.2) is 0 Å². The van der Waals surface area contributed by atoms with Crippen LogP contribution in [0, 0.1) is 0 Å². The van der Waals surface area contributed by atoms with Crippen LogP contribution in [0.4, 0.5) is 0 Å². The highest BCUT2D eigenvalue weighted by molar-refractivity contribution is 6.32. The molecule has 3 rings (SSSR count). The molecule has 0 atom stereocenters. The van der Waals surface area contributed by atoms with E-state index in [2.05, 4.69) is 20.5 Å². The fraction of sp³-hybridized carbons (Fsp3) is 0.0588. The quantitative estimate of drug-likeness (QED) is 0.450. The third kappa shape index (κ3) is 3.49. The van der Waals surface area contributed by atoms with Crippen LogP contribution in [0.5, 0.6) is 5.75 Å². The molecule has 0 unspecified atom stereocenters. The number of nitrogens with zero attached hydrogens (tertiary/aromatic N) is 3. The number of fused-ring (bicyclic) bond motifs is 1. The van der Waals surface area contributed by atoms with E-state index in [1.807, 2.05) is 18.2 Å². The second-order valence-corrected chi connectivity index (χ2v) is 5.23. The SMILES string of the molecule is COc1ccc2cc(/C=N/NC(=O)c3cccnc3)c(Cl)nc2c1. The molecule has 0 spiro atoms. The van der Waals surface area contributed by atoms with Crippen LogP contribution in [0.25, 0.3) is 10.9 Å². The van der Waals surface area contributed by atoms with E-state index < -0.39 is 0 Å². The lowest BCUT2D eigenvalue weighted by atomic mass is 10.1. The van der Waals surface area contributed by atoms with Gasteiger partial charge >= 0.3 is 0 Å². The van der Waals surface area contributed by atoms with Crippen LogP contribution < -0.4 is 10.2 Å². The van der Waals surface area contributed by atoms with E-state index >= 15 is 0 Å². The largest absolute Gasteiger partial charge is 0.497 e. The molecule has 0 saturated carbocycles. The minimum atomic E-state index is -0.353. The van der Waals surface area contributed by atoms with Gasteiger partial charge in [0.2, 0.25) is 0 Å². The van der Waals surface area contributed by atoms with Crippen molar-refractivity contribution in [3.05, 3.63) is 65.1 Å². The Kier molecular flexibility index (Phi) is 4.67. The first-order chi connectivity index (χ1) is 11.7. The van der Waals surface area contributed by atoms with Gasteiger partial charge < -0.3 is 4.74 Å². The second-order valence-electron chi connectivity index (χ2n) is 4.87. The molecule has 2 aromatic heterocycles. The van der Waals surface area contributed by atoms with Gasteiger partial charge in [0.1, 0.15) is 10.9 Å². The number of benzene rings is 1. The number of hydrogen-bond donors (Lipinski definition) is 1. The van der Waals surface area contributed by atoms with E-state index in [0.717, 1.165) is 10.9 Å². The van der Waals surface area contributed by atoms with Crippen molar-refractivity contribution in [2.45, 2.75) is 0 Å². The van der Waals surface area contributed by atoms with Gasteiger partial charge in [-0.1, -0.05) is 11.6 Å². The smallest absolute Gasteiger partial charge is 0.272 e. The molecule has 0 radical (unpaired) electrons. The van der Waals surface area contributed by atoms with Gasteiger partial charge in [0.05, 0.1) is 24.4 Å².